The van der Waals surface area contributed by atoms with E-state index in [4.69, 9.17) is 11.5 Å². The van der Waals surface area contributed by atoms with Crippen LogP contribution in [0.3, 0.4) is 0 Å². The minimum atomic E-state index is -4.99. The predicted octanol–water partition coefficient (Wildman–Crippen LogP) is -9.54. The minimum Gasteiger partial charge on any atom is -0.747 e. The first-order valence-electron chi connectivity index (χ1n) is 2.69. The van der Waals surface area contributed by atoms with Crippen LogP contribution < -0.4 is 88.7 Å². The van der Waals surface area contributed by atoms with Gasteiger partial charge in [-0.2, -0.15) is 0 Å². The molecule has 2 amide bonds. The van der Waals surface area contributed by atoms with Crippen molar-refractivity contribution in [2.45, 2.75) is 11.7 Å². The van der Waals surface area contributed by atoms with Crippen LogP contribution in [-0.4, -0.2) is 30.0 Å². The van der Waals surface area contributed by atoms with Crippen LogP contribution in [0, 0.1) is 0 Å². The summed E-state index contributed by atoms with van der Waals surface area (Å²) in [4.78, 5) is 20.2. The molecule has 0 radical (unpaired) electrons. The van der Waals surface area contributed by atoms with Gasteiger partial charge in [-0.1, -0.05) is 0 Å². The third-order valence-corrected chi connectivity index (χ3v) is 2.09. The second kappa shape index (κ2) is 11.0. The molecule has 0 spiro atoms. The smallest absolute Gasteiger partial charge is 0.747 e. The average Bonchev–Trinajstić information content (AvgIpc) is 1.79. The van der Waals surface area contributed by atoms with Crippen LogP contribution in [-0.2, 0) is 19.7 Å². The standard InChI is InChI=1S/C4H8N2O5S.3Na/c5-3(7)1-2(4(6)8)12(9,10)11;;;/h2H,1H2,(H5,5,6,7,8,9,10,11);;;/q;3*+1/p-3. The fraction of sp³-hybridized carbons (Fsp3) is 0.500. The van der Waals surface area contributed by atoms with Gasteiger partial charge in [-0.05, 0) is 0 Å². The summed E-state index contributed by atoms with van der Waals surface area (Å²) < 4.78 is 30.5. The zero-order valence-electron chi connectivity index (χ0n) is 8.73. The molecule has 0 saturated heterocycles. The van der Waals surface area contributed by atoms with Gasteiger partial charge in [-0.3, -0.25) is 0 Å². The number of rotatable bonds is 4. The number of hydrogen-bond acceptors (Lipinski definition) is 5. The molecular weight excluding hydrogens is 257 g/mol. The van der Waals surface area contributed by atoms with Crippen LogP contribution in [0.2, 0.25) is 0 Å². The van der Waals surface area contributed by atoms with Crippen molar-refractivity contribution in [3.8, 4) is 0 Å². The number of carbonyl (C=O) groups excluding carboxylic acids is 2. The molecule has 0 fully saturated rings. The number of carbonyl (C=O) groups is 2. The number of amides is 2. The largest absolute Gasteiger partial charge is 1.00 e. The monoisotopic (exact) mass is 262 g/mol. The van der Waals surface area contributed by atoms with Gasteiger partial charge in [-0.25, -0.2) is 8.42 Å². The van der Waals surface area contributed by atoms with Crippen molar-refractivity contribution in [3.05, 3.63) is 11.5 Å². The Hall–Kier alpha value is 1.85. The molecule has 0 aromatic carbocycles. The summed E-state index contributed by atoms with van der Waals surface area (Å²) in [5.74, 6) is -3.02. The molecule has 2 N–H and O–H groups in total. The molecule has 0 rings (SSSR count). The van der Waals surface area contributed by atoms with E-state index in [2.05, 4.69) is 0 Å². The summed E-state index contributed by atoms with van der Waals surface area (Å²) in [5.41, 5.74) is 12.6. The van der Waals surface area contributed by atoms with E-state index in [-0.39, 0.29) is 88.7 Å². The molecule has 0 aliphatic carbocycles. The van der Waals surface area contributed by atoms with Gasteiger partial charge in [-0.15, -0.1) is 0 Å². The van der Waals surface area contributed by atoms with Crippen molar-refractivity contribution >= 4 is 21.9 Å². The van der Waals surface area contributed by atoms with E-state index in [1.807, 2.05) is 0 Å². The van der Waals surface area contributed by atoms with Gasteiger partial charge in [0.2, 0.25) is 0 Å². The molecule has 1 atom stereocenters. The fourth-order valence-corrected chi connectivity index (χ4v) is 1.11. The van der Waals surface area contributed by atoms with E-state index >= 15 is 0 Å². The Kier molecular flexibility index (Phi) is 18.7. The molecule has 0 bridgehead atoms. The second-order valence-corrected chi connectivity index (χ2v) is 3.53. The first-order chi connectivity index (χ1) is 5.25. The maximum Gasteiger partial charge on any atom is 1.00 e. The predicted molar refractivity (Wildman–Crippen MR) is 36.8 cm³/mol. The van der Waals surface area contributed by atoms with Gasteiger partial charge >= 0.3 is 88.7 Å². The Morgan fingerprint density at radius 1 is 1.13 bits per heavy atom. The van der Waals surface area contributed by atoms with Crippen molar-refractivity contribution in [2.24, 2.45) is 0 Å². The molecule has 1 unspecified atom stereocenters. The zero-order chi connectivity index (χ0) is 9.94. The molecule has 7 nitrogen and oxygen atoms in total. The van der Waals surface area contributed by atoms with E-state index in [1.54, 1.807) is 0 Å². The Bertz CT molecular complexity index is 305. The first-order valence-corrected chi connectivity index (χ1v) is 4.17. The van der Waals surface area contributed by atoms with Crippen molar-refractivity contribution < 1.29 is 111 Å². The van der Waals surface area contributed by atoms with E-state index in [1.165, 1.54) is 0 Å². The van der Waals surface area contributed by atoms with Crippen molar-refractivity contribution in [1.82, 2.24) is 0 Å². The average molecular weight is 262 g/mol. The number of nitrogens with one attached hydrogen (secondary N) is 2. The van der Waals surface area contributed by atoms with E-state index in [0.717, 1.165) is 0 Å². The molecule has 15 heavy (non-hydrogen) atoms. The van der Waals surface area contributed by atoms with Crippen LogP contribution in [0.4, 0.5) is 0 Å². The van der Waals surface area contributed by atoms with Crippen LogP contribution in [0.15, 0.2) is 0 Å². The van der Waals surface area contributed by atoms with Crippen molar-refractivity contribution in [2.75, 3.05) is 0 Å². The summed E-state index contributed by atoms with van der Waals surface area (Å²) in [6, 6.07) is 0. The van der Waals surface area contributed by atoms with Gasteiger partial charge in [0.05, 0.1) is 17.1 Å². The normalized spacial score (nSPS) is 11.0. The van der Waals surface area contributed by atoms with Crippen LogP contribution in [0.5, 0.6) is 0 Å². The SMILES string of the molecule is [NH-]C(=O)CC(C([NH-])=O)S(=O)(=O)[O-].[Na+].[Na+].[Na+]. The van der Waals surface area contributed by atoms with Crippen LogP contribution in [0.25, 0.3) is 11.5 Å². The zero-order valence-corrected chi connectivity index (χ0v) is 15.6. The Morgan fingerprint density at radius 3 is 1.53 bits per heavy atom. The molecule has 0 aliphatic heterocycles. The summed E-state index contributed by atoms with van der Waals surface area (Å²) in [6.45, 7) is 0. The summed E-state index contributed by atoms with van der Waals surface area (Å²) in [6.07, 6.45) is -1.05. The Labute approximate surface area is 154 Å². The molecule has 0 aromatic heterocycles. The summed E-state index contributed by atoms with van der Waals surface area (Å²) in [5, 5.41) is -2.23. The van der Waals surface area contributed by atoms with E-state index < -0.39 is 33.6 Å². The van der Waals surface area contributed by atoms with Gasteiger partial charge in [0, 0.05) is 6.42 Å². The van der Waals surface area contributed by atoms with Gasteiger partial charge in [0.15, 0.2) is 0 Å². The maximum atomic E-state index is 10.2. The summed E-state index contributed by atoms with van der Waals surface area (Å²) >= 11 is 0. The van der Waals surface area contributed by atoms with Crippen molar-refractivity contribution in [1.29, 1.82) is 0 Å². The Morgan fingerprint density at radius 2 is 1.47 bits per heavy atom. The fourth-order valence-electron chi connectivity index (χ4n) is 0.494. The molecular formula is C4H5N2Na3O5S. The number of hydrogen-bond donors (Lipinski definition) is 0. The van der Waals surface area contributed by atoms with Gasteiger partial charge in [0.1, 0.15) is 10.1 Å². The molecule has 0 aromatic rings. The second-order valence-electron chi connectivity index (χ2n) is 1.97. The summed E-state index contributed by atoms with van der Waals surface area (Å²) in [7, 11) is -4.99. The molecule has 0 saturated carbocycles. The van der Waals surface area contributed by atoms with Gasteiger partial charge in [0.25, 0.3) is 0 Å². The maximum absolute atomic E-state index is 10.2. The van der Waals surface area contributed by atoms with Crippen LogP contribution in [0.1, 0.15) is 6.42 Å². The third-order valence-electron chi connectivity index (χ3n) is 1.01. The molecule has 0 heterocycles. The van der Waals surface area contributed by atoms with E-state index in [0.29, 0.717) is 0 Å². The van der Waals surface area contributed by atoms with E-state index in [9.17, 15) is 22.6 Å². The Balaban J connectivity index is -0.000000202. The quantitative estimate of drug-likeness (QED) is 0.365. The van der Waals surface area contributed by atoms with Crippen LogP contribution >= 0.6 is 0 Å². The minimum absolute atomic E-state index is 0. The third kappa shape index (κ3) is 12.1. The van der Waals surface area contributed by atoms with Crippen molar-refractivity contribution in [3.63, 3.8) is 0 Å². The molecule has 0 aliphatic rings. The molecule has 70 valence electrons. The topological polar surface area (TPSA) is 139 Å². The first kappa shape index (κ1) is 25.6. The molecule has 11 heteroatoms. The van der Waals surface area contributed by atoms with Gasteiger partial charge < -0.3 is 25.6 Å².